The maximum atomic E-state index is 5.69. The molecule has 1 atom stereocenters. The van der Waals surface area contributed by atoms with E-state index in [4.69, 9.17) is 5.84 Å². The summed E-state index contributed by atoms with van der Waals surface area (Å²) in [6.07, 6.45) is 10.2. The molecule has 3 N–H and O–H groups in total. The van der Waals surface area contributed by atoms with Gasteiger partial charge in [0.1, 0.15) is 5.82 Å². The molecule has 17 heavy (non-hydrogen) atoms. The van der Waals surface area contributed by atoms with Crippen LogP contribution in [0.15, 0.2) is 23.9 Å². The minimum absolute atomic E-state index is 0.0369. The van der Waals surface area contributed by atoms with E-state index in [-0.39, 0.29) is 6.04 Å². The maximum Gasteiger partial charge on any atom is 0.125 e. The molecule has 0 fully saturated rings. The van der Waals surface area contributed by atoms with Crippen molar-refractivity contribution in [1.82, 2.24) is 15.4 Å². The zero-order chi connectivity index (χ0) is 12.1. The molecule has 0 aromatic carbocycles. The number of aryl methyl sites for hydroxylation is 1. The van der Waals surface area contributed by atoms with Gasteiger partial charge in [-0.2, -0.15) is 0 Å². The minimum Gasteiger partial charge on any atom is -0.271 e. The highest BCUT2D eigenvalue weighted by molar-refractivity contribution is 5.22. The fourth-order valence-corrected chi connectivity index (χ4v) is 2.32. The van der Waals surface area contributed by atoms with Crippen LogP contribution < -0.4 is 11.3 Å². The highest BCUT2D eigenvalue weighted by Crippen LogP contribution is 2.27. The molecule has 1 aromatic heterocycles. The quantitative estimate of drug-likeness (QED) is 0.476. The third kappa shape index (κ3) is 3.11. The van der Waals surface area contributed by atoms with Crippen molar-refractivity contribution in [3.63, 3.8) is 0 Å². The summed E-state index contributed by atoms with van der Waals surface area (Å²) < 4.78 is 0. The Morgan fingerprint density at radius 2 is 2.24 bits per heavy atom. The van der Waals surface area contributed by atoms with Crippen LogP contribution in [0.3, 0.4) is 0 Å². The molecule has 0 radical (unpaired) electrons. The van der Waals surface area contributed by atoms with Crippen molar-refractivity contribution in [1.29, 1.82) is 0 Å². The first-order chi connectivity index (χ1) is 8.31. The van der Waals surface area contributed by atoms with Crippen LogP contribution in [0.5, 0.6) is 0 Å². The fraction of sp³-hybridized carbons (Fsp3) is 0.538. The summed E-state index contributed by atoms with van der Waals surface area (Å²) in [5.74, 6) is 6.47. The average Bonchev–Trinajstić information content (AvgIpc) is 2.59. The van der Waals surface area contributed by atoms with Gasteiger partial charge >= 0.3 is 0 Å². The van der Waals surface area contributed by atoms with Gasteiger partial charge in [0.25, 0.3) is 0 Å². The predicted molar refractivity (Wildman–Crippen MR) is 68.0 cm³/mol. The van der Waals surface area contributed by atoms with Crippen molar-refractivity contribution < 1.29 is 0 Å². The number of rotatable bonds is 3. The molecule has 1 unspecified atom stereocenters. The molecule has 1 aliphatic carbocycles. The smallest absolute Gasteiger partial charge is 0.125 e. The molecule has 92 valence electrons. The predicted octanol–water partition coefficient (Wildman–Crippen LogP) is 2.18. The van der Waals surface area contributed by atoms with Gasteiger partial charge in [-0.3, -0.25) is 5.84 Å². The molecule has 0 bridgehead atoms. The summed E-state index contributed by atoms with van der Waals surface area (Å²) in [5, 5.41) is 0. The lowest BCUT2D eigenvalue weighted by Crippen LogP contribution is -2.30. The van der Waals surface area contributed by atoms with Gasteiger partial charge in [0.05, 0.1) is 11.7 Å². The lowest BCUT2D eigenvalue weighted by atomic mass is 9.99. The van der Waals surface area contributed by atoms with E-state index >= 15 is 0 Å². The number of nitrogens with one attached hydrogen (secondary N) is 1. The number of aromatic nitrogens is 2. The topological polar surface area (TPSA) is 63.8 Å². The van der Waals surface area contributed by atoms with Crippen LogP contribution in [0.25, 0.3) is 0 Å². The second-order valence-corrected chi connectivity index (χ2v) is 4.51. The van der Waals surface area contributed by atoms with Gasteiger partial charge in [-0.25, -0.2) is 15.4 Å². The number of hydrogen-bond donors (Lipinski definition) is 2. The molecule has 0 saturated carbocycles. The van der Waals surface area contributed by atoms with Crippen LogP contribution in [-0.4, -0.2) is 9.97 Å². The molecule has 2 rings (SSSR count). The molecule has 0 aliphatic heterocycles. The van der Waals surface area contributed by atoms with Crippen molar-refractivity contribution in [3.8, 4) is 0 Å². The maximum absolute atomic E-state index is 5.69. The van der Waals surface area contributed by atoms with Crippen LogP contribution in [0.1, 0.15) is 49.7 Å². The Morgan fingerprint density at radius 3 is 3.00 bits per heavy atom. The normalized spacial score (nSPS) is 18.4. The lowest BCUT2D eigenvalue weighted by molar-refractivity contribution is 0.577. The molecule has 4 nitrogen and oxygen atoms in total. The second kappa shape index (κ2) is 5.89. The van der Waals surface area contributed by atoms with Gasteiger partial charge in [-0.1, -0.05) is 18.1 Å². The van der Waals surface area contributed by atoms with E-state index < -0.39 is 0 Å². The molecular weight excluding hydrogens is 212 g/mol. The first-order valence-corrected chi connectivity index (χ1v) is 6.26. The molecule has 0 spiro atoms. The fourth-order valence-electron chi connectivity index (χ4n) is 2.32. The van der Waals surface area contributed by atoms with E-state index in [2.05, 4.69) is 21.5 Å². The van der Waals surface area contributed by atoms with Gasteiger partial charge in [0, 0.05) is 6.20 Å². The highest BCUT2D eigenvalue weighted by Gasteiger charge is 2.17. The first kappa shape index (κ1) is 12.2. The average molecular weight is 232 g/mol. The van der Waals surface area contributed by atoms with E-state index in [0.29, 0.717) is 0 Å². The zero-order valence-corrected chi connectivity index (χ0v) is 10.3. The van der Waals surface area contributed by atoms with E-state index in [1.54, 1.807) is 6.20 Å². The number of nitrogens with zero attached hydrogens (tertiary/aromatic N) is 2. The lowest BCUT2D eigenvalue weighted by Gasteiger charge is -2.18. The second-order valence-electron chi connectivity index (χ2n) is 4.51. The third-order valence-corrected chi connectivity index (χ3v) is 3.21. The third-order valence-electron chi connectivity index (χ3n) is 3.21. The monoisotopic (exact) mass is 232 g/mol. The van der Waals surface area contributed by atoms with E-state index in [1.807, 2.05) is 13.0 Å². The number of allylic oxidation sites excluding steroid dienone is 1. The van der Waals surface area contributed by atoms with Gasteiger partial charge in [0.15, 0.2) is 0 Å². The SMILES string of the molecule is Cc1nccc(C(NN)C2=CCCCCC2)n1. The Kier molecular flexibility index (Phi) is 4.23. The van der Waals surface area contributed by atoms with Gasteiger partial charge in [0.2, 0.25) is 0 Å². The summed E-state index contributed by atoms with van der Waals surface area (Å²) in [7, 11) is 0. The van der Waals surface area contributed by atoms with Crippen LogP contribution >= 0.6 is 0 Å². The Morgan fingerprint density at radius 1 is 1.35 bits per heavy atom. The van der Waals surface area contributed by atoms with Crippen LogP contribution in [0.4, 0.5) is 0 Å². The molecule has 4 heteroatoms. The van der Waals surface area contributed by atoms with E-state index in [1.165, 1.54) is 24.8 Å². The zero-order valence-electron chi connectivity index (χ0n) is 10.3. The van der Waals surface area contributed by atoms with Crippen LogP contribution in [0.2, 0.25) is 0 Å². The minimum atomic E-state index is 0.0369. The standard InChI is InChI=1S/C13H20N4/c1-10-15-9-8-12(16-10)13(17-14)11-6-4-2-3-5-7-11/h6,8-9,13,17H,2-5,7,14H2,1H3. The van der Waals surface area contributed by atoms with Crippen molar-refractivity contribution in [2.24, 2.45) is 5.84 Å². The highest BCUT2D eigenvalue weighted by atomic mass is 15.2. The molecule has 0 amide bonds. The first-order valence-electron chi connectivity index (χ1n) is 6.26. The van der Waals surface area contributed by atoms with Crippen molar-refractivity contribution in [3.05, 3.63) is 35.4 Å². The van der Waals surface area contributed by atoms with Crippen LogP contribution in [0, 0.1) is 6.92 Å². The Hall–Kier alpha value is -1.26. The largest absolute Gasteiger partial charge is 0.271 e. The molecular formula is C13H20N4. The van der Waals surface area contributed by atoms with Crippen LogP contribution in [-0.2, 0) is 0 Å². The molecule has 1 aromatic rings. The molecule has 1 heterocycles. The van der Waals surface area contributed by atoms with Gasteiger partial charge < -0.3 is 0 Å². The van der Waals surface area contributed by atoms with Crippen molar-refractivity contribution in [2.75, 3.05) is 0 Å². The van der Waals surface area contributed by atoms with Gasteiger partial charge in [-0.15, -0.1) is 0 Å². The van der Waals surface area contributed by atoms with E-state index in [9.17, 15) is 0 Å². The Labute approximate surface area is 102 Å². The van der Waals surface area contributed by atoms with Crippen molar-refractivity contribution >= 4 is 0 Å². The summed E-state index contributed by atoms with van der Waals surface area (Å²) in [4.78, 5) is 8.58. The summed E-state index contributed by atoms with van der Waals surface area (Å²) in [5.41, 5.74) is 5.21. The van der Waals surface area contributed by atoms with E-state index in [0.717, 1.165) is 24.4 Å². The summed E-state index contributed by atoms with van der Waals surface area (Å²) in [6.45, 7) is 1.90. The number of nitrogens with two attached hydrogens (primary N) is 1. The number of hydrazine groups is 1. The molecule has 0 saturated heterocycles. The van der Waals surface area contributed by atoms with Crippen molar-refractivity contribution in [2.45, 2.75) is 45.1 Å². The van der Waals surface area contributed by atoms with Gasteiger partial charge in [-0.05, 0) is 38.7 Å². The molecule has 1 aliphatic rings. The number of hydrogen-bond acceptors (Lipinski definition) is 4. The Bertz CT molecular complexity index is 400. The Balaban J connectivity index is 2.23. The summed E-state index contributed by atoms with van der Waals surface area (Å²) >= 11 is 0. The summed E-state index contributed by atoms with van der Waals surface area (Å²) in [6, 6.07) is 1.97.